The van der Waals surface area contributed by atoms with Gasteiger partial charge in [-0.25, -0.2) is 9.18 Å². The van der Waals surface area contributed by atoms with E-state index in [1.807, 2.05) is 24.3 Å². The molecule has 4 heteroatoms. The van der Waals surface area contributed by atoms with Gasteiger partial charge >= 0.3 is 5.97 Å². The fourth-order valence-corrected chi connectivity index (χ4v) is 3.09. The maximum Gasteiger partial charge on any atom is 0.338 e. The Bertz CT molecular complexity index is 1160. The summed E-state index contributed by atoms with van der Waals surface area (Å²) >= 11 is 0. The van der Waals surface area contributed by atoms with E-state index in [0.717, 1.165) is 28.7 Å². The van der Waals surface area contributed by atoms with Crippen LogP contribution in [-0.2, 0) is 16.0 Å². The molecule has 0 saturated heterocycles. The number of allylic oxidation sites excluding steroid dienone is 2. The Morgan fingerprint density at radius 3 is 1.81 bits per heavy atom. The van der Waals surface area contributed by atoms with Crippen molar-refractivity contribution in [3.8, 4) is 28.0 Å². The quantitative estimate of drug-likeness (QED) is 0.221. The zero-order chi connectivity index (χ0) is 23.3. The minimum absolute atomic E-state index is 0.0598. The molecule has 0 unspecified atom stereocenters. The molecule has 0 aromatic heterocycles. The van der Waals surface area contributed by atoms with Crippen molar-refractivity contribution in [2.45, 2.75) is 34.1 Å². The molecule has 0 spiro atoms. The van der Waals surface area contributed by atoms with E-state index < -0.39 is 11.8 Å². The fraction of sp³-hybridized carbons (Fsp3) is 0.179. The number of hydrogen-bond acceptors (Lipinski definition) is 3. The monoisotopic (exact) mass is 430 g/mol. The highest BCUT2D eigenvalue weighted by molar-refractivity contribution is 5.87. The van der Waals surface area contributed by atoms with Crippen molar-refractivity contribution in [3.63, 3.8) is 0 Å². The van der Waals surface area contributed by atoms with Gasteiger partial charge in [0.15, 0.2) is 11.6 Å². The van der Waals surface area contributed by atoms with Crippen LogP contribution >= 0.6 is 0 Å². The van der Waals surface area contributed by atoms with Crippen LogP contribution in [0.2, 0.25) is 0 Å². The van der Waals surface area contributed by atoms with Crippen molar-refractivity contribution in [1.29, 1.82) is 0 Å². The molecule has 0 saturated carbocycles. The molecule has 3 rings (SSSR count). The molecule has 0 aliphatic carbocycles. The van der Waals surface area contributed by atoms with Gasteiger partial charge in [0, 0.05) is 5.57 Å². The summed E-state index contributed by atoms with van der Waals surface area (Å²) in [4.78, 5) is 11.6. The Hall–Kier alpha value is -3.66. The first-order chi connectivity index (χ1) is 15.3. The number of carbonyl (C=O) groups is 1. The smallest absolute Gasteiger partial charge is 0.338 e. The van der Waals surface area contributed by atoms with Crippen LogP contribution in [0.3, 0.4) is 0 Å². The van der Waals surface area contributed by atoms with E-state index in [9.17, 15) is 9.18 Å². The van der Waals surface area contributed by atoms with Gasteiger partial charge in [-0.2, -0.15) is 0 Å². The predicted molar refractivity (Wildman–Crippen MR) is 127 cm³/mol. The van der Waals surface area contributed by atoms with Gasteiger partial charge < -0.3 is 9.47 Å². The molecule has 0 aliphatic heterocycles. The first-order valence-electron chi connectivity index (χ1n) is 10.5. The molecule has 0 fully saturated rings. The summed E-state index contributed by atoms with van der Waals surface area (Å²) in [5.74, 6) is -0.440. The molecule has 0 aliphatic rings. The molecule has 0 bridgehead atoms. The topological polar surface area (TPSA) is 35.5 Å². The molecule has 0 atom stereocenters. The highest BCUT2D eigenvalue weighted by Crippen LogP contribution is 2.29. The largest absolute Gasteiger partial charge is 0.455 e. The SMILES string of the molecule is C=C(C)C(=O)O/C(C)=C(\C)Oc1ccc(-c2ccc(-c3ccc(CC)cc3)cc2)cc1F. The number of aryl methyl sites for hydroxylation is 1. The van der Waals surface area contributed by atoms with Crippen molar-refractivity contribution < 1.29 is 18.7 Å². The third-order valence-electron chi connectivity index (χ3n) is 5.20. The Labute approximate surface area is 188 Å². The van der Waals surface area contributed by atoms with Gasteiger partial charge in [-0.3, -0.25) is 0 Å². The lowest BCUT2D eigenvalue weighted by molar-refractivity contribution is -0.135. The van der Waals surface area contributed by atoms with Crippen LogP contribution in [0.4, 0.5) is 4.39 Å². The lowest BCUT2D eigenvalue weighted by Crippen LogP contribution is -2.07. The molecule has 164 valence electrons. The number of carbonyl (C=O) groups excluding carboxylic acids is 1. The first kappa shape index (κ1) is 23.0. The summed E-state index contributed by atoms with van der Waals surface area (Å²) in [5.41, 5.74) is 5.48. The Morgan fingerprint density at radius 1 is 0.812 bits per heavy atom. The lowest BCUT2D eigenvalue weighted by atomic mass is 9.99. The molecule has 32 heavy (non-hydrogen) atoms. The highest BCUT2D eigenvalue weighted by atomic mass is 19.1. The summed E-state index contributed by atoms with van der Waals surface area (Å²) in [6.07, 6.45) is 1.01. The standard InChI is InChI=1S/C28H27FO3/c1-6-21-7-9-22(10-8-21)23-11-13-24(14-12-23)25-15-16-27(26(29)17-25)31-19(4)20(5)32-28(30)18(2)3/h7-17H,2,6H2,1,3-5H3/b20-19+. The fourth-order valence-electron chi connectivity index (χ4n) is 3.09. The van der Waals surface area contributed by atoms with Gasteiger partial charge in [-0.1, -0.05) is 68.1 Å². The van der Waals surface area contributed by atoms with E-state index in [2.05, 4.69) is 37.8 Å². The third kappa shape index (κ3) is 5.52. The number of ether oxygens (including phenoxy) is 2. The van der Waals surface area contributed by atoms with Crippen molar-refractivity contribution in [3.05, 3.63) is 102 Å². The average molecular weight is 431 g/mol. The number of benzene rings is 3. The summed E-state index contributed by atoms with van der Waals surface area (Å²) in [6.45, 7) is 10.4. The van der Waals surface area contributed by atoms with E-state index >= 15 is 0 Å². The van der Waals surface area contributed by atoms with Gasteiger partial charge in [-0.15, -0.1) is 0 Å². The Kier molecular flexibility index (Phi) is 7.26. The predicted octanol–water partition coefficient (Wildman–Crippen LogP) is 7.47. The van der Waals surface area contributed by atoms with Crippen molar-refractivity contribution in [2.24, 2.45) is 0 Å². The van der Waals surface area contributed by atoms with Crippen LogP contribution in [0.15, 0.2) is 90.4 Å². The molecule has 0 amide bonds. The van der Waals surface area contributed by atoms with E-state index in [1.165, 1.54) is 11.6 Å². The van der Waals surface area contributed by atoms with Crippen LogP contribution in [0, 0.1) is 5.82 Å². The molecule has 0 radical (unpaired) electrons. The van der Waals surface area contributed by atoms with E-state index in [-0.39, 0.29) is 17.1 Å². The van der Waals surface area contributed by atoms with Crippen molar-refractivity contribution in [2.75, 3.05) is 0 Å². The van der Waals surface area contributed by atoms with Crippen LogP contribution in [0.5, 0.6) is 5.75 Å². The number of rotatable bonds is 7. The number of halogens is 1. The first-order valence-corrected chi connectivity index (χ1v) is 10.5. The Morgan fingerprint density at radius 2 is 1.31 bits per heavy atom. The molecule has 3 aromatic rings. The van der Waals surface area contributed by atoms with Crippen molar-refractivity contribution >= 4 is 5.97 Å². The molecule has 0 N–H and O–H groups in total. The molecular weight excluding hydrogens is 403 g/mol. The highest BCUT2D eigenvalue weighted by Gasteiger charge is 2.12. The van der Waals surface area contributed by atoms with E-state index in [0.29, 0.717) is 5.76 Å². The number of esters is 1. The maximum atomic E-state index is 14.7. The lowest BCUT2D eigenvalue weighted by Gasteiger charge is -2.12. The van der Waals surface area contributed by atoms with Crippen LogP contribution in [0.1, 0.15) is 33.3 Å². The summed E-state index contributed by atoms with van der Waals surface area (Å²) < 4.78 is 25.4. The van der Waals surface area contributed by atoms with Gasteiger partial charge in [0.2, 0.25) is 0 Å². The van der Waals surface area contributed by atoms with Crippen LogP contribution < -0.4 is 4.74 Å². The van der Waals surface area contributed by atoms with Crippen LogP contribution in [0.25, 0.3) is 22.3 Å². The van der Waals surface area contributed by atoms with Crippen molar-refractivity contribution in [1.82, 2.24) is 0 Å². The second-order valence-electron chi connectivity index (χ2n) is 7.66. The van der Waals surface area contributed by atoms with Crippen LogP contribution in [-0.4, -0.2) is 5.97 Å². The minimum atomic E-state index is -0.550. The molecule has 3 nitrogen and oxygen atoms in total. The Balaban J connectivity index is 1.75. The van der Waals surface area contributed by atoms with Gasteiger partial charge in [0.1, 0.15) is 11.5 Å². The van der Waals surface area contributed by atoms with Gasteiger partial charge in [0.25, 0.3) is 0 Å². The molecular formula is C28H27FO3. The molecule has 0 heterocycles. The minimum Gasteiger partial charge on any atom is -0.455 e. The molecule has 3 aromatic carbocycles. The van der Waals surface area contributed by atoms with Gasteiger partial charge in [-0.05, 0) is 67.1 Å². The summed E-state index contributed by atoms with van der Waals surface area (Å²) in [6, 6.07) is 21.3. The zero-order valence-electron chi connectivity index (χ0n) is 18.9. The zero-order valence-corrected chi connectivity index (χ0v) is 18.9. The second kappa shape index (κ2) is 10.1. The van der Waals surface area contributed by atoms with Gasteiger partial charge in [0.05, 0.1) is 0 Å². The normalized spacial score (nSPS) is 11.5. The average Bonchev–Trinajstić information content (AvgIpc) is 2.80. The summed E-state index contributed by atoms with van der Waals surface area (Å²) in [5, 5.41) is 0. The summed E-state index contributed by atoms with van der Waals surface area (Å²) in [7, 11) is 0. The number of hydrogen-bond donors (Lipinski definition) is 0. The third-order valence-corrected chi connectivity index (χ3v) is 5.20. The van der Waals surface area contributed by atoms with E-state index in [1.54, 1.807) is 32.9 Å². The second-order valence-corrected chi connectivity index (χ2v) is 7.66. The maximum absolute atomic E-state index is 14.7. The van der Waals surface area contributed by atoms with E-state index in [4.69, 9.17) is 9.47 Å².